The first-order valence-corrected chi connectivity index (χ1v) is 7.64. The van der Waals surface area contributed by atoms with E-state index in [1.54, 1.807) is 18.2 Å². The SMILES string of the molecule is CN1C(=O)NC(=O)C1(C1=CC[CH]C=C1)c1ccc(C#N)c(C(F)(F)F)c1. The van der Waals surface area contributed by atoms with E-state index < -0.39 is 34.8 Å². The molecule has 1 saturated heterocycles. The summed E-state index contributed by atoms with van der Waals surface area (Å²) in [6.07, 6.45) is 2.46. The van der Waals surface area contributed by atoms with Crippen molar-refractivity contribution >= 4 is 11.9 Å². The van der Waals surface area contributed by atoms with E-state index in [0.29, 0.717) is 12.0 Å². The summed E-state index contributed by atoms with van der Waals surface area (Å²) in [5, 5.41) is 11.1. The lowest BCUT2D eigenvalue weighted by atomic mass is 9.78. The van der Waals surface area contributed by atoms with Crippen LogP contribution in [-0.4, -0.2) is 23.9 Å². The van der Waals surface area contributed by atoms with Crippen LogP contribution in [0.2, 0.25) is 0 Å². The molecule has 1 atom stereocenters. The third-order valence-corrected chi connectivity index (χ3v) is 4.52. The van der Waals surface area contributed by atoms with Crippen molar-refractivity contribution < 1.29 is 22.8 Å². The molecule has 1 aromatic carbocycles. The number of carbonyl (C=O) groups is 2. The molecule has 1 heterocycles. The number of nitrogens with one attached hydrogen (secondary N) is 1. The molecule has 8 heteroatoms. The topological polar surface area (TPSA) is 73.2 Å². The molecule has 1 N–H and O–H groups in total. The van der Waals surface area contributed by atoms with Crippen molar-refractivity contribution in [2.24, 2.45) is 0 Å². The summed E-state index contributed by atoms with van der Waals surface area (Å²) < 4.78 is 40.1. The highest BCUT2D eigenvalue weighted by atomic mass is 19.4. The van der Waals surface area contributed by atoms with Gasteiger partial charge in [-0.05, 0) is 36.1 Å². The number of alkyl halides is 3. The fourth-order valence-corrected chi connectivity index (χ4v) is 3.28. The van der Waals surface area contributed by atoms with Crippen LogP contribution in [-0.2, 0) is 16.5 Å². The third-order valence-electron chi connectivity index (χ3n) is 4.52. The van der Waals surface area contributed by atoms with Gasteiger partial charge in [-0.2, -0.15) is 18.4 Å². The fraction of sp³-hybridized carbons (Fsp3) is 0.222. The van der Waals surface area contributed by atoms with Crippen LogP contribution >= 0.6 is 0 Å². The van der Waals surface area contributed by atoms with Crippen LogP contribution < -0.4 is 5.32 Å². The summed E-state index contributed by atoms with van der Waals surface area (Å²) in [5.74, 6) is -0.736. The second kappa shape index (κ2) is 6.02. The van der Waals surface area contributed by atoms with Crippen molar-refractivity contribution in [3.8, 4) is 6.07 Å². The molecule has 1 radical (unpaired) electrons. The van der Waals surface area contributed by atoms with Gasteiger partial charge in [-0.25, -0.2) is 4.79 Å². The monoisotopic (exact) mass is 360 g/mol. The van der Waals surface area contributed by atoms with Crippen LogP contribution in [0.4, 0.5) is 18.0 Å². The highest BCUT2D eigenvalue weighted by Gasteiger charge is 2.55. The van der Waals surface area contributed by atoms with Crippen molar-refractivity contribution in [3.05, 3.63) is 65.1 Å². The Morgan fingerprint density at radius 1 is 1.31 bits per heavy atom. The molecule has 0 spiro atoms. The molecule has 3 amide bonds. The number of nitriles is 1. The Morgan fingerprint density at radius 2 is 2.04 bits per heavy atom. The predicted octanol–water partition coefficient (Wildman–Crippen LogP) is 3.04. The normalized spacial score (nSPS) is 22.9. The van der Waals surface area contributed by atoms with E-state index in [1.807, 2.05) is 6.42 Å². The minimum absolute atomic E-state index is 0.0347. The highest BCUT2D eigenvalue weighted by Crippen LogP contribution is 2.43. The first-order valence-electron chi connectivity index (χ1n) is 7.64. The van der Waals surface area contributed by atoms with Crippen molar-refractivity contribution in [2.45, 2.75) is 18.1 Å². The Balaban J connectivity index is 2.30. The van der Waals surface area contributed by atoms with Crippen LogP contribution in [0.5, 0.6) is 0 Å². The molecule has 1 aromatic rings. The molecule has 2 aliphatic rings. The molecule has 0 aromatic heterocycles. The summed E-state index contributed by atoms with van der Waals surface area (Å²) in [7, 11) is 1.35. The molecule has 1 fully saturated rings. The quantitative estimate of drug-likeness (QED) is 0.824. The Kier molecular flexibility index (Phi) is 4.11. The van der Waals surface area contributed by atoms with Crippen molar-refractivity contribution in [1.82, 2.24) is 10.2 Å². The van der Waals surface area contributed by atoms with Gasteiger partial charge < -0.3 is 4.90 Å². The van der Waals surface area contributed by atoms with Gasteiger partial charge in [0.15, 0.2) is 5.54 Å². The average molecular weight is 360 g/mol. The molecule has 0 bridgehead atoms. The summed E-state index contributed by atoms with van der Waals surface area (Å²) >= 11 is 0. The minimum Gasteiger partial charge on any atom is -0.305 e. The Bertz CT molecular complexity index is 896. The van der Waals surface area contributed by atoms with Gasteiger partial charge in [0.2, 0.25) is 0 Å². The maximum atomic E-state index is 13.4. The predicted molar refractivity (Wildman–Crippen MR) is 85.3 cm³/mol. The van der Waals surface area contributed by atoms with Crippen LogP contribution in [0.15, 0.2) is 42.0 Å². The fourth-order valence-electron chi connectivity index (χ4n) is 3.28. The average Bonchev–Trinajstić information content (AvgIpc) is 2.84. The number of hydrogen-bond donors (Lipinski definition) is 1. The van der Waals surface area contributed by atoms with Crippen molar-refractivity contribution in [3.63, 3.8) is 0 Å². The number of nitrogens with zero attached hydrogens (tertiary/aromatic N) is 2. The Morgan fingerprint density at radius 3 is 2.54 bits per heavy atom. The van der Waals surface area contributed by atoms with E-state index in [4.69, 9.17) is 5.26 Å². The lowest BCUT2D eigenvalue weighted by molar-refractivity contribution is -0.138. The van der Waals surface area contributed by atoms with Gasteiger partial charge in [0.1, 0.15) is 0 Å². The number of rotatable bonds is 2. The van der Waals surface area contributed by atoms with Crippen LogP contribution in [0.3, 0.4) is 0 Å². The molecule has 3 rings (SSSR count). The zero-order chi connectivity index (χ0) is 19.1. The smallest absolute Gasteiger partial charge is 0.305 e. The summed E-state index contributed by atoms with van der Waals surface area (Å²) in [6, 6.07) is 3.85. The lowest BCUT2D eigenvalue weighted by Gasteiger charge is -2.35. The van der Waals surface area contributed by atoms with Gasteiger partial charge in [0.25, 0.3) is 5.91 Å². The number of halogens is 3. The number of hydrogen-bond acceptors (Lipinski definition) is 3. The Labute approximate surface area is 147 Å². The molecule has 5 nitrogen and oxygen atoms in total. The molecular weight excluding hydrogens is 347 g/mol. The Hall–Kier alpha value is -3.08. The van der Waals surface area contributed by atoms with Gasteiger partial charge in [0, 0.05) is 7.05 Å². The van der Waals surface area contributed by atoms with Crippen molar-refractivity contribution in [1.29, 1.82) is 5.26 Å². The van der Waals surface area contributed by atoms with Gasteiger partial charge >= 0.3 is 12.2 Å². The molecular formula is C18H13F3N3O2. The van der Waals surface area contributed by atoms with E-state index in [0.717, 1.165) is 17.0 Å². The van der Waals surface area contributed by atoms with Gasteiger partial charge in [-0.3, -0.25) is 10.1 Å². The molecule has 1 unspecified atom stereocenters. The number of allylic oxidation sites excluding steroid dienone is 2. The van der Waals surface area contributed by atoms with E-state index in [1.165, 1.54) is 19.2 Å². The highest BCUT2D eigenvalue weighted by molar-refractivity contribution is 6.09. The zero-order valence-electron chi connectivity index (χ0n) is 13.6. The number of imide groups is 1. The van der Waals surface area contributed by atoms with E-state index in [9.17, 15) is 22.8 Å². The van der Waals surface area contributed by atoms with Gasteiger partial charge in [-0.15, -0.1) is 0 Å². The zero-order valence-corrected chi connectivity index (χ0v) is 13.6. The standard InChI is InChI=1S/C18H13F3N3O2/c1-24-16(26)23-15(25)17(24,12-5-3-2-4-6-12)13-8-7-11(10-22)14(9-13)18(19,20)21/h2-3,5-9H,4H2,1H3,(H,23,25,26). The van der Waals surface area contributed by atoms with Crippen molar-refractivity contribution in [2.75, 3.05) is 7.05 Å². The molecule has 0 saturated carbocycles. The lowest BCUT2D eigenvalue weighted by Crippen LogP contribution is -2.46. The maximum Gasteiger partial charge on any atom is 0.417 e. The summed E-state index contributed by atoms with van der Waals surface area (Å²) in [4.78, 5) is 25.9. The van der Waals surface area contributed by atoms with Crippen LogP contribution in [0.1, 0.15) is 23.1 Å². The second-order valence-corrected chi connectivity index (χ2v) is 5.89. The number of carbonyl (C=O) groups excluding carboxylic acids is 2. The summed E-state index contributed by atoms with van der Waals surface area (Å²) in [5.41, 5.74) is -3.07. The maximum absolute atomic E-state index is 13.4. The molecule has 133 valence electrons. The molecule has 1 aliphatic carbocycles. The number of benzene rings is 1. The largest absolute Gasteiger partial charge is 0.417 e. The number of urea groups is 1. The van der Waals surface area contributed by atoms with Crippen LogP contribution in [0, 0.1) is 17.8 Å². The van der Waals surface area contributed by atoms with Gasteiger partial charge in [-0.1, -0.05) is 24.3 Å². The number of amides is 3. The van der Waals surface area contributed by atoms with E-state index >= 15 is 0 Å². The molecule has 1 aliphatic heterocycles. The van der Waals surface area contributed by atoms with E-state index in [-0.39, 0.29) is 5.56 Å². The second-order valence-electron chi connectivity index (χ2n) is 5.89. The molecule has 26 heavy (non-hydrogen) atoms. The number of likely N-dealkylation sites (N-methyl/N-ethyl adjacent to an activating group) is 1. The first kappa shape index (κ1) is 17.7. The van der Waals surface area contributed by atoms with Gasteiger partial charge in [0.05, 0.1) is 17.2 Å². The minimum atomic E-state index is -4.77. The third kappa shape index (κ3) is 2.47. The first-order chi connectivity index (χ1) is 12.2. The summed E-state index contributed by atoms with van der Waals surface area (Å²) in [6.45, 7) is 0. The van der Waals surface area contributed by atoms with Crippen LogP contribution in [0.25, 0.3) is 0 Å². The van der Waals surface area contributed by atoms with E-state index in [2.05, 4.69) is 5.32 Å².